The lowest BCUT2D eigenvalue weighted by atomic mass is 9.82. The molecule has 17 heavy (non-hydrogen) atoms. The third-order valence-electron chi connectivity index (χ3n) is 3.52. The van der Waals surface area contributed by atoms with Crippen LogP contribution in [0.4, 0.5) is 0 Å². The standard InChI is InChI=1S/C14H16N2O/c1-9-6-12(7-9)16-14(17)11-2-3-13-10(8-11)4-5-15-13/h2-5,8-9,12,15H,6-7H2,1H3,(H,16,17). The number of nitrogens with one attached hydrogen (secondary N) is 2. The van der Waals surface area contributed by atoms with E-state index in [1.165, 1.54) is 0 Å². The third kappa shape index (κ3) is 1.93. The number of fused-ring (bicyclic) bond motifs is 1. The number of aromatic nitrogens is 1. The minimum atomic E-state index is 0.0463. The molecule has 1 saturated carbocycles. The van der Waals surface area contributed by atoms with Gasteiger partial charge in [0.25, 0.3) is 5.91 Å². The van der Waals surface area contributed by atoms with Crippen molar-refractivity contribution < 1.29 is 4.79 Å². The molecular formula is C14H16N2O. The Morgan fingerprint density at radius 2 is 2.18 bits per heavy atom. The number of carbonyl (C=O) groups is 1. The Morgan fingerprint density at radius 1 is 1.35 bits per heavy atom. The van der Waals surface area contributed by atoms with Gasteiger partial charge in [0.05, 0.1) is 0 Å². The summed E-state index contributed by atoms with van der Waals surface area (Å²) in [4.78, 5) is 15.1. The van der Waals surface area contributed by atoms with E-state index in [4.69, 9.17) is 0 Å². The van der Waals surface area contributed by atoms with Crippen LogP contribution < -0.4 is 5.32 Å². The fraction of sp³-hybridized carbons (Fsp3) is 0.357. The number of amides is 1. The third-order valence-corrected chi connectivity index (χ3v) is 3.52. The smallest absolute Gasteiger partial charge is 0.251 e. The summed E-state index contributed by atoms with van der Waals surface area (Å²) in [5.74, 6) is 0.803. The molecular weight excluding hydrogens is 212 g/mol. The van der Waals surface area contributed by atoms with Crippen LogP contribution in [0.2, 0.25) is 0 Å². The Labute approximate surface area is 100 Å². The minimum Gasteiger partial charge on any atom is -0.361 e. The predicted molar refractivity (Wildman–Crippen MR) is 68.0 cm³/mol. The number of H-pyrrole nitrogens is 1. The van der Waals surface area contributed by atoms with Crippen molar-refractivity contribution >= 4 is 16.8 Å². The van der Waals surface area contributed by atoms with E-state index in [2.05, 4.69) is 17.2 Å². The first kappa shape index (κ1) is 10.4. The highest BCUT2D eigenvalue weighted by Crippen LogP contribution is 2.26. The number of aromatic amines is 1. The lowest BCUT2D eigenvalue weighted by Gasteiger charge is -2.33. The molecule has 0 unspecified atom stereocenters. The number of rotatable bonds is 2. The first-order chi connectivity index (χ1) is 8.22. The average molecular weight is 228 g/mol. The summed E-state index contributed by atoms with van der Waals surface area (Å²) in [5.41, 5.74) is 1.82. The summed E-state index contributed by atoms with van der Waals surface area (Å²) in [7, 11) is 0. The Morgan fingerprint density at radius 3 is 2.94 bits per heavy atom. The molecule has 3 rings (SSSR count). The van der Waals surface area contributed by atoms with E-state index in [-0.39, 0.29) is 5.91 Å². The molecule has 0 radical (unpaired) electrons. The number of hydrogen-bond acceptors (Lipinski definition) is 1. The Balaban J connectivity index is 1.76. The topological polar surface area (TPSA) is 44.9 Å². The van der Waals surface area contributed by atoms with Crippen LogP contribution in [-0.2, 0) is 0 Å². The van der Waals surface area contributed by atoms with Gasteiger partial charge in [-0.25, -0.2) is 0 Å². The molecule has 3 nitrogen and oxygen atoms in total. The van der Waals surface area contributed by atoms with Gasteiger partial charge in [0.15, 0.2) is 0 Å². The largest absolute Gasteiger partial charge is 0.361 e. The quantitative estimate of drug-likeness (QED) is 0.815. The van der Waals surface area contributed by atoms with Gasteiger partial charge in [-0.05, 0) is 43.0 Å². The zero-order valence-corrected chi connectivity index (χ0v) is 9.86. The number of carbonyl (C=O) groups excluding carboxylic acids is 1. The van der Waals surface area contributed by atoms with Crippen molar-refractivity contribution in [3.05, 3.63) is 36.0 Å². The van der Waals surface area contributed by atoms with Crippen LogP contribution in [0.1, 0.15) is 30.1 Å². The van der Waals surface area contributed by atoms with Crippen LogP contribution in [-0.4, -0.2) is 16.9 Å². The van der Waals surface area contributed by atoms with Crippen molar-refractivity contribution in [2.75, 3.05) is 0 Å². The fourth-order valence-corrected chi connectivity index (χ4v) is 2.48. The van der Waals surface area contributed by atoms with Gasteiger partial charge in [0.1, 0.15) is 0 Å². The molecule has 1 amide bonds. The van der Waals surface area contributed by atoms with E-state index in [1.54, 1.807) is 0 Å². The molecule has 1 aromatic carbocycles. The number of hydrogen-bond donors (Lipinski definition) is 2. The average Bonchev–Trinajstić information content (AvgIpc) is 2.73. The van der Waals surface area contributed by atoms with Crippen molar-refractivity contribution in [3.8, 4) is 0 Å². The summed E-state index contributed by atoms with van der Waals surface area (Å²) in [5, 5.41) is 4.15. The molecule has 0 aliphatic heterocycles. The van der Waals surface area contributed by atoms with Crippen LogP contribution in [0.5, 0.6) is 0 Å². The molecule has 0 bridgehead atoms. The first-order valence-electron chi connectivity index (χ1n) is 6.10. The molecule has 2 aromatic rings. The monoisotopic (exact) mass is 228 g/mol. The molecule has 1 aromatic heterocycles. The second-order valence-corrected chi connectivity index (χ2v) is 5.03. The maximum atomic E-state index is 12.0. The van der Waals surface area contributed by atoms with Gasteiger partial charge in [-0.1, -0.05) is 6.92 Å². The van der Waals surface area contributed by atoms with Crippen LogP contribution in [0.25, 0.3) is 10.9 Å². The molecule has 1 aliphatic rings. The molecule has 1 heterocycles. The van der Waals surface area contributed by atoms with E-state index in [0.29, 0.717) is 6.04 Å². The van der Waals surface area contributed by atoms with E-state index in [1.807, 2.05) is 30.5 Å². The molecule has 2 N–H and O–H groups in total. The van der Waals surface area contributed by atoms with Gasteiger partial charge in [-0.2, -0.15) is 0 Å². The fourth-order valence-electron chi connectivity index (χ4n) is 2.48. The molecule has 0 spiro atoms. The zero-order valence-electron chi connectivity index (χ0n) is 9.86. The van der Waals surface area contributed by atoms with Gasteiger partial charge >= 0.3 is 0 Å². The van der Waals surface area contributed by atoms with Crippen molar-refractivity contribution in [3.63, 3.8) is 0 Å². The lowest BCUT2D eigenvalue weighted by molar-refractivity contribution is 0.0896. The van der Waals surface area contributed by atoms with Gasteiger partial charge in [0, 0.05) is 28.7 Å². The second-order valence-electron chi connectivity index (χ2n) is 5.03. The van der Waals surface area contributed by atoms with E-state index in [0.717, 1.165) is 35.2 Å². The van der Waals surface area contributed by atoms with Crippen LogP contribution in [0.15, 0.2) is 30.5 Å². The summed E-state index contributed by atoms with van der Waals surface area (Å²) >= 11 is 0. The molecule has 1 fully saturated rings. The SMILES string of the molecule is CC1CC(NC(=O)c2ccc3[nH]ccc3c2)C1. The van der Waals surface area contributed by atoms with Crippen LogP contribution in [0.3, 0.4) is 0 Å². The Hall–Kier alpha value is -1.77. The highest BCUT2D eigenvalue weighted by atomic mass is 16.1. The lowest BCUT2D eigenvalue weighted by Crippen LogP contribution is -2.43. The number of benzene rings is 1. The summed E-state index contributed by atoms with van der Waals surface area (Å²) < 4.78 is 0. The molecule has 88 valence electrons. The Bertz CT molecular complexity index is 552. The first-order valence-corrected chi connectivity index (χ1v) is 6.10. The van der Waals surface area contributed by atoms with E-state index < -0.39 is 0 Å². The van der Waals surface area contributed by atoms with Crippen molar-refractivity contribution in [2.45, 2.75) is 25.8 Å². The highest BCUT2D eigenvalue weighted by molar-refractivity contribution is 5.98. The molecule has 0 atom stereocenters. The molecule has 1 aliphatic carbocycles. The molecule has 0 saturated heterocycles. The summed E-state index contributed by atoms with van der Waals surface area (Å²) in [6.07, 6.45) is 4.11. The van der Waals surface area contributed by atoms with Crippen molar-refractivity contribution in [1.82, 2.24) is 10.3 Å². The summed E-state index contributed by atoms with van der Waals surface area (Å²) in [6.45, 7) is 2.22. The van der Waals surface area contributed by atoms with Crippen molar-refractivity contribution in [2.24, 2.45) is 5.92 Å². The van der Waals surface area contributed by atoms with Crippen molar-refractivity contribution in [1.29, 1.82) is 0 Å². The normalized spacial score (nSPS) is 23.4. The summed E-state index contributed by atoms with van der Waals surface area (Å²) in [6, 6.07) is 8.12. The van der Waals surface area contributed by atoms with E-state index in [9.17, 15) is 4.79 Å². The second kappa shape index (κ2) is 3.91. The van der Waals surface area contributed by atoms with E-state index >= 15 is 0 Å². The predicted octanol–water partition coefficient (Wildman–Crippen LogP) is 2.70. The maximum Gasteiger partial charge on any atom is 0.251 e. The van der Waals surface area contributed by atoms with Gasteiger partial charge < -0.3 is 10.3 Å². The van der Waals surface area contributed by atoms with Gasteiger partial charge in [0.2, 0.25) is 0 Å². The van der Waals surface area contributed by atoms with Gasteiger partial charge in [-0.3, -0.25) is 4.79 Å². The zero-order chi connectivity index (χ0) is 11.8. The Kier molecular flexibility index (Phi) is 2.39. The minimum absolute atomic E-state index is 0.0463. The van der Waals surface area contributed by atoms with Crippen LogP contribution >= 0.6 is 0 Å². The van der Waals surface area contributed by atoms with Crippen LogP contribution in [0, 0.1) is 5.92 Å². The highest BCUT2D eigenvalue weighted by Gasteiger charge is 2.26. The molecule has 3 heteroatoms. The maximum absolute atomic E-state index is 12.0. The van der Waals surface area contributed by atoms with Gasteiger partial charge in [-0.15, -0.1) is 0 Å².